The number of carbonyl (C=O) groups is 1. The zero-order chi connectivity index (χ0) is 23.0. The molecular formula is C22H37ClN2O4Si. The van der Waals surface area contributed by atoms with Gasteiger partial charge in [0, 0.05) is 24.8 Å². The second kappa shape index (κ2) is 8.77. The summed E-state index contributed by atoms with van der Waals surface area (Å²) in [6.07, 6.45) is 2.15. The standard InChI is InChI=1S/C22H37ClN2O4Si/c1-20(2,3)29-19(26)25-11-9-22(27,10-12-25)16-13-17(23)18(24-14-16)15-28-30(7,8)21(4,5)6/h13-14,27H,9-12,15H2,1-8H3. The highest BCUT2D eigenvalue weighted by Crippen LogP contribution is 2.38. The number of aliphatic hydroxyl groups is 1. The number of amides is 1. The first kappa shape index (κ1) is 25.1. The van der Waals surface area contributed by atoms with Crippen molar-refractivity contribution in [3.8, 4) is 0 Å². The first-order valence-corrected chi connectivity index (χ1v) is 13.8. The molecule has 6 nitrogen and oxygen atoms in total. The minimum atomic E-state index is -1.90. The smallest absolute Gasteiger partial charge is 0.410 e. The molecule has 0 aliphatic carbocycles. The van der Waals surface area contributed by atoms with Crippen LogP contribution in [0.4, 0.5) is 4.79 Å². The van der Waals surface area contributed by atoms with E-state index in [0.717, 1.165) is 0 Å². The summed E-state index contributed by atoms with van der Waals surface area (Å²) in [4.78, 5) is 18.4. The number of nitrogens with zero attached hydrogens (tertiary/aromatic N) is 2. The Morgan fingerprint density at radius 1 is 1.23 bits per heavy atom. The Balaban J connectivity index is 2.04. The summed E-state index contributed by atoms with van der Waals surface area (Å²) >= 11 is 6.48. The van der Waals surface area contributed by atoms with Crippen LogP contribution in [0.25, 0.3) is 0 Å². The van der Waals surface area contributed by atoms with Gasteiger partial charge in [-0.3, -0.25) is 4.98 Å². The van der Waals surface area contributed by atoms with Crippen molar-refractivity contribution in [2.75, 3.05) is 13.1 Å². The van der Waals surface area contributed by atoms with Gasteiger partial charge in [-0.05, 0) is 57.8 Å². The van der Waals surface area contributed by atoms with Gasteiger partial charge in [-0.2, -0.15) is 0 Å². The number of aromatic nitrogens is 1. The molecular weight excluding hydrogens is 420 g/mol. The van der Waals surface area contributed by atoms with Crippen LogP contribution in [0.5, 0.6) is 0 Å². The van der Waals surface area contributed by atoms with Gasteiger partial charge in [0.15, 0.2) is 8.32 Å². The van der Waals surface area contributed by atoms with Crippen molar-refractivity contribution < 1.29 is 19.1 Å². The fraction of sp³-hybridized carbons (Fsp3) is 0.727. The van der Waals surface area contributed by atoms with Gasteiger partial charge < -0.3 is 19.2 Å². The minimum Gasteiger partial charge on any atom is -0.444 e. The van der Waals surface area contributed by atoms with E-state index >= 15 is 0 Å². The maximum Gasteiger partial charge on any atom is 0.410 e. The lowest BCUT2D eigenvalue weighted by atomic mass is 9.85. The molecule has 1 amide bonds. The SMILES string of the molecule is CC(C)(C)OC(=O)N1CCC(O)(c2cnc(CO[Si](C)(C)C(C)(C)C)c(Cl)c2)CC1. The number of rotatable bonds is 4. The van der Waals surface area contributed by atoms with Crippen LogP contribution < -0.4 is 0 Å². The van der Waals surface area contributed by atoms with E-state index in [1.807, 2.05) is 20.8 Å². The van der Waals surface area contributed by atoms with Crippen molar-refractivity contribution >= 4 is 26.0 Å². The number of hydrogen-bond acceptors (Lipinski definition) is 5. The number of piperidine rings is 1. The highest BCUT2D eigenvalue weighted by Gasteiger charge is 2.39. The van der Waals surface area contributed by atoms with Gasteiger partial charge in [-0.15, -0.1) is 0 Å². The van der Waals surface area contributed by atoms with Gasteiger partial charge in [-0.25, -0.2) is 4.79 Å². The number of halogens is 1. The molecule has 0 saturated carbocycles. The summed E-state index contributed by atoms with van der Waals surface area (Å²) in [6.45, 7) is 17.7. The van der Waals surface area contributed by atoms with Crippen LogP contribution in [-0.4, -0.2) is 48.1 Å². The van der Waals surface area contributed by atoms with E-state index in [1.165, 1.54) is 0 Å². The van der Waals surface area contributed by atoms with Crippen LogP contribution in [0, 0.1) is 0 Å². The van der Waals surface area contributed by atoms with Crippen molar-refractivity contribution in [3.05, 3.63) is 28.5 Å². The summed E-state index contributed by atoms with van der Waals surface area (Å²) in [5, 5.41) is 11.8. The van der Waals surface area contributed by atoms with Gasteiger partial charge in [0.25, 0.3) is 0 Å². The quantitative estimate of drug-likeness (QED) is 0.607. The number of likely N-dealkylation sites (tertiary alicyclic amines) is 1. The van der Waals surface area contributed by atoms with Crippen LogP contribution in [0.15, 0.2) is 12.3 Å². The predicted molar refractivity (Wildman–Crippen MR) is 122 cm³/mol. The molecule has 170 valence electrons. The Bertz CT molecular complexity index is 763. The molecule has 30 heavy (non-hydrogen) atoms. The molecule has 0 aromatic carbocycles. The van der Waals surface area contributed by atoms with Gasteiger partial charge >= 0.3 is 6.09 Å². The normalized spacial score (nSPS) is 17.7. The molecule has 0 radical (unpaired) electrons. The van der Waals surface area contributed by atoms with Crippen LogP contribution in [0.3, 0.4) is 0 Å². The van der Waals surface area contributed by atoms with E-state index in [-0.39, 0.29) is 11.1 Å². The average Bonchev–Trinajstić information content (AvgIpc) is 2.58. The Labute approximate surface area is 187 Å². The largest absolute Gasteiger partial charge is 0.444 e. The Kier molecular flexibility index (Phi) is 7.34. The molecule has 1 aromatic heterocycles. The maximum atomic E-state index is 12.3. The highest BCUT2D eigenvalue weighted by molar-refractivity contribution is 6.74. The third-order valence-electron chi connectivity index (χ3n) is 6.07. The van der Waals surface area contributed by atoms with Crippen molar-refractivity contribution in [2.45, 2.75) is 90.3 Å². The zero-order valence-electron chi connectivity index (χ0n) is 19.6. The third kappa shape index (κ3) is 6.19. The van der Waals surface area contributed by atoms with Crippen LogP contribution in [-0.2, 0) is 21.4 Å². The predicted octanol–water partition coefficient (Wildman–Crippen LogP) is 5.48. The zero-order valence-corrected chi connectivity index (χ0v) is 21.4. The number of ether oxygens (including phenoxy) is 1. The van der Waals surface area contributed by atoms with Crippen molar-refractivity contribution in [1.29, 1.82) is 0 Å². The van der Waals surface area contributed by atoms with Crippen LogP contribution in [0.1, 0.15) is 65.6 Å². The summed E-state index contributed by atoms with van der Waals surface area (Å²) in [6, 6.07) is 1.78. The molecule has 1 aromatic rings. The van der Waals surface area contributed by atoms with Gasteiger partial charge in [0.2, 0.25) is 0 Å². The summed E-state index contributed by atoms with van der Waals surface area (Å²) in [7, 11) is -1.90. The molecule has 1 N–H and O–H groups in total. The van der Waals surface area contributed by atoms with E-state index < -0.39 is 19.5 Å². The number of hydrogen-bond donors (Lipinski definition) is 1. The first-order chi connectivity index (χ1) is 13.5. The summed E-state index contributed by atoms with van der Waals surface area (Å²) in [5.74, 6) is 0. The molecule has 2 rings (SSSR count). The van der Waals surface area contributed by atoms with E-state index in [1.54, 1.807) is 17.2 Å². The first-order valence-electron chi connectivity index (χ1n) is 10.5. The highest BCUT2D eigenvalue weighted by atomic mass is 35.5. The van der Waals surface area contributed by atoms with Crippen LogP contribution in [0.2, 0.25) is 23.2 Å². The molecule has 1 saturated heterocycles. The molecule has 1 fully saturated rings. The topological polar surface area (TPSA) is 71.9 Å². The Hall–Kier alpha value is -1.15. The molecule has 1 aliphatic heterocycles. The maximum absolute atomic E-state index is 12.3. The molecule has 0 bridgehead atoms. The fourth-order valence-electron chi connectivity index (χ4n) is 2.97. The molecule has 2 heterocycles. The minimum absolute atomic E-state index is 0.108. The lowest BCUT2D eigenvalue weighted by Gasteiger charge is -2.39. The molecule has 0 unspecified atom stereocenters. The van der Waals surface area contributed by atoms with E-state index in [2.05, 4.69) is 38.8 Å². The number of pyridine rings is 1. The number of carbonyl (C=O) groups excluding carboxylic acids is 1. The molecule has 0 spiro atoms. The lowest BCUT2D eigenvalue weighted by Crippen LogP contribution is -2.46. The Morgan fingerprint density at radius 2 is 1.80 bits per heavy atom. The molecule has 0 atom stereocenters. The summed E-state index contributed by atoms with van der Waals surface area (Å²) < 4.78 is 11.6. The lowest BCUT2D eigenvalue weighted by molar-refractivity contribution is -0.0358. The third-order valence-corrected chi connectivity index (χ3v) is 10.9. The van der Waals surface area contributed by atoms with Crippen molar-refractivity contribution in [3.63, 3.8) is 0 Å². The molecule has 8 heteroatoms. The monoisotopic (exact) mass is 456 g/mol. The summed E-state index contributed by atoms with van der Waals surface area (Å²) in [5.41, 5.74) is -0.245. The van der Waals surface area contributed by atoms with E-state index in [4.69, 9.17) is 20.8 Å². The molecule has 1 aliphatic rings. The second-order valence-corrected chi connectivity index (χ2v) is 15.9. The average molecular weight is 457 g/mol. The van der Waals surface area contributed by atoms with Gasteiger partial charge in [-0.1, -0.05) is 32.4 Å². The van der Waals surface area contributed by atoms with Gasteiger partial charge in [0.1, 0.15) is 5.60 Å². The van der Waals surface area contributed by atoms with Crippen molar-refractivity contribution in [1.82, 2.24) is 9.88 Å². The van der Waals surface area contributed by atoms with E-state index in [9.17, 15) is 9.90 Å². The fourth-order valence-corrected chi connectivity index (χ4v) is 4.12. The van der Waals surface area contributed by atoms with Crippen LogP contribution >= 0.6 is 11.6 Å². The van der Waals surface area contributed by atoms with Crippen molar-refractivity contribution in [2.24, 2.45) is 0 Å². The van der Waals surface area contributed by atoms with E-state index in [0.29, 0.717) is 48.8 Å². The van der Waals surface area contributed by atoms with Gasteiger partial charge in [0.05, 0.1) is 22.9 Å². The Morgan fingerprint density at radius 3 is 2.27 bits per heavy atom. The second-order valence-electron chi connectivity index (χ2n) is 10.7.